The number of rotatable bonds is 5. The molecule has 0 fully saturated rings. The summed E-state index contributed by atoms with van der Waals surface area (Å²) in [4.78, 5) is 12.1. The number of hydrogen-bond donors (Lipinski definition) is 2. The molecule has 7 heteroatoms. The van der Waals surface area contributed by atoms with E-state index in [1.807, 2.05) is 6.07 Å². The summed E-state index contributed by atoms with van der Waals surface area (Å²) < 4.78 is 5.90. The average Bonchev–Trinajstić information content (AvgIpc) is 2.86. The van der Waals surface area contributed by atoms with E-state index in [2.05, 4.69) is 16.7 Å². The largest absolute Gasteiger partial charge is 0.490 e. The Hall–Kier alpha value is -1.46. The molecule has 0 aromatic heterocycles. The van der Waals surface area contributed by atoms with Gasteiger partial charge < -0.3 is 15.4 Å². The molecule has 2 aromatic carbocycles. The van der Waals surface area contributed by atoms with Crippen molar-refractivity contribution in [3.05, 3.63) is 63.1 Å². The lowest BCUT2D eigenvalue weighted by Crippen LogP contribution is -2.28. The zero-order valence-corrected chi connectivity index (χ0v) is 16.5. The van der Waals surface area contributed by atoms with Crippen LogP contribution in [0.2, 0.25) is 10.0 Å². The third kappa shape index (κ3) is 5.27. The zero-order chi connectivity index (χ0) is 17.6. The van der Waals surface area contributed by atoms with Crippen LogP contribution >= 0.6 is 35.6 Å². The first-order valence-corrected chi connectivity index (χ1v) is 9.08. The van der Waals surface area contributed by atoms with Gasteiger partial charge in [-0.2, -0.15) is 0 Å². The standard InChI is InChI=1S/C19H20Cl2N2O2.ClH/c20-15-4-1-14(2-5-15)19(24)23-11-12-25-18-16-8-10-22-9-7-13(16)3-6-17(18)21;/h1-6,22H,7-12H2,(H,23,24);1H. The molecule has 1 heterocycles. The van der Waals surface area contributed by atoms with Crippen LogP contribution in [-0.4, -0.2) is 32.1 Å². The molecule has 26 heavy (non-hydrogen) atoms. The fourth-order valence-electron chi connectivity index (χ4n) is 2.89. The average molecular weight is 416 g/mol. The van der Waals surface area contributed by atoms with E-state index in [9.17, 15) is 4.79 Å². The number of hydrogen-bond acceptors (Lipinski definition) is 3. The van der Waals surface area contributed by atoms with Crippen molar-refractivity contribution in [1.29, 1.82) is 0 Å². The first-order valence-electron chi connectivity index (χ1n) is 8.32. The quantitative estimate of drug-likeness (QED) is 0.728. The number of amides is 1. The van der Waals surface area contributed by atoms with E-state index in [4.69, 9.17) is 27.9 Å². The van der Waals surface area contributed by atoms with E-state index in [1.54, 1.807) is 24.3 Å². The third-order valence-electron chi connectivity index (χ3n) is 4.17. The van der Waals surface area contributed by atoms with Gasteiger partial charge in [0.2, 0.25) is 0 Å². The van der Waals surface area contributed by atoms with Crippen molar-refractivity contribution in [2.24, 2.45) is 0 Å². The maximum Gasteiger partial charge on any atom is 0.251 e. The lowest BCUT2D eigenvalue weighted by molar-refractivity contribution is 0.0947. The summed E-state index contributed by atoms with van der Waals surface area (Å²) in [5.41, 5.74) is 3.01. The molecule has 0 unspecified atom stereocenters. The molecule has 0 aliphatic carbocycles. The normalized spacial score (nSPS) is 13.2. The Morgan fingerprint density at radius 1 is 1.08 bits per heavy atom. The molecule has 0 atom stereocenters. The molecule has 3 rings (SSSR count). The van der Waals surface area contributed by atoms with Crippen LogP contribution in [0.3, 0.4) is 0 Å². The maximum absolute atomic E-state index is 12.1. The number of benzene rings is 2. The zero-order valence-electron chi connectivity index (χ0n) is 14.2. The summed E-state index contributed by atoms with van der Waals surface area (Å²) >= 11 is 12.1. The molecule has 4 nitrogen and oxygen atoms in total. The van der Waals surface area contributed by atoms with Crippen LogP contribution in [0.5, 0.6) is 5.75 Å². The molecular formula is C19H21Cl3N2O2. The van der Waals surface area contributed by atoms with E-state index in [0.29, 0.717) is 28.8 Å². The molecule has 0 saturated carbocycles. The number of halogens is 3. The molecule has 0 saturated heterocycles. The van der Waals surface area contributed by atoms with Crippen LogP contribution in [0.25, 0.3) is 0 Å². The van der Waals surface area contributed by atoms with Crippen LogP contribution < -0.4 is 15.4 Å². The smallest absolute Gasteiger partial charge is 0.251 e. The van der Waals surface area contributed by atoms with Gasteiger partial charge in [-0.05, 0) is 61.8 Å². The van der Waals surface area contributed by atoms with Crippen LogP contribution in [0.1, 0.15) is 21.5 Å². The van der Waals surface area contributed by atoms with Crippen molar-refractivity contribution >= 4 is 41.5 Å². The van der Waals surface area contributed by atoms with Gasteiger partial charge in [0.15, 0.2) is 0 Å². The van der Waals surface area contributed by atoms with Crippen molar-refractivity contribution in [3.8, 4) is 5.75 Å². The van der Waals surface area contributed by atoms with Gasteiger partial charge >= 0.3 is 0 Å². The minimum Gasteiger partial charge on any atom is -0.490 e. The van der Waals surface area contributed by atoms with E-state index < -0.39 is 0 Å². The lowest BCUT2D eigenvalue weighted by Gasteiger charge is -2.15. The molecule has 1 aliphatic rings. The highest BCUT2D eigenvalue weighted by atomic mass is 35.5. The molecule has 1 amide bonds. The van der Waals surface area contributed by atoms with Crippen LogP contribution in [0, 0.1) is 0 Å². The van der Waals surface area contributed by atoms with Crippen molar-refractivity contribution in [3.63, 3.8) is 0 Å². The summed E-state index contributed by atoms with van der Waals surface area (Å²) in [5, 5.41) is 7.44. The van der Waals surface area contributed by atoms with E-state index >= 15 is 0 Å². The maximum atomic E-state index is 12.1. The Kier molecular flexibility index (Phi) is 8.04. The Morgan fingerprint density at radius 2 is 1.81 bits per heavy atom. The predicted octanol–water partition coefficient (Wildman–Crippen LogP) is 3.91. The highest BCUT2D eigenvalue weighted by molar-refractivity contribution is 6.32. The number of carbonyl (C=O) groups is 1. The van der Waals surface area contributed by atoms with E-state index in [1.165, 1.54) is 11.1 Å². The minimum absolute atomic E-state index is 0. The van der Waals surface area contributed by atoms with Gasteiger partial charge in [-0.1, -0.05) is 29.3 Å². The molecule has 2 N–H and O–H groups in total. The lowest BCUT2D eigenvalue weighted by atomic mass is 10.0. The summed E-state index contributed by atoms with van der Waals surface area (Å²) in [6.07, 6.45) is 1.86. The fourth-order valence-corrected chi connectivity index (χ4v) is 3.24. The minimum atomic E-state index is -0.151. The van der Waals surface area contributed by atoms with Crippen molar-refractivity contribution in [1.82, 2.24) is 10.6 Å². The number of ether oxygens (including phenoxy) is 1. The fraction of sp³-hybridized carbons (Fsp3) is 0.316. The third-order valence-corrected chi connectivity index (χ3v) is 4.72. The van der Waals surface area contributed by atoms with Gasteiger partial charge in [0, 0.05) is 16.1 Å². The highest BCUT2D eigenvalue weighted by Gasteiger charge is 2.16. The van der Waals surface area contributed by atoms with Crippen molar-refractivity contribution in [2.75, 3.05) is 26.2 Å². The second-order valence-corrected chi connectivity index (χ2v) is 6.72. The molecule has 2 aromatic rings. The van der Waals surface area contributed by atoms with Gasteiger partial charge in [0.1, 0.15) is 12.4 Å². The van der Waals surface area contributed by atoms with Gasteiger partial charge in [-0.15, -0.1) is 12.4 Å². The molecule has 0 bridgehead atoms. The highest BCUT2D eigenvalue weighted by Crippen LogP contribution is 2.32. The summed E-state index contributed by atoms with van der Waals surface area (Å²) in [5.74, 6) is 0.589. The monoisotopic (exact) mass is 414 g/mol. The van der Waals surface area contributed by atoms with Gasteiger partial charge in [-0.25, -0.2) is 0 Å². The Bertz CT molecular complexity index is 751. The van der Waals surface area contributed by atoms with Gasteiger partial charge in [0.05, 0.1) is 11.6 Å². The Morgan fingerprint density at radius 3 is 2.58 bits per heavy atom. The molecule has 1 aliphatic heterocycles. The Balaban J connectivity index is 0.00000243. The number of nitrogens with one attached hydrogen (secondary N) is 2. The first-order chi connectivity index (χ1) is 12.1. The van der Waals surface area contributed by atoms with Crippen molar-refractivity contribution < 1.29 is 9.53 Å². The Labute approximate surface area is 169 Å². The second-order valence-electron chi connectivity index (χ2n) is 5.88. The van der Waals surface area contributed by atoms with Crippen LogP contribution in [0.15, 0.2) is 36.4 Å². The summed E-state index contributed by atoms with van der Waals surface area (Å²) in [6, 6.07) is 10.7. The topological polar surface area (TPSA) is 50.4 Å². The predicted molar refractivity (Wildman–Crippen MR) is 108 cm³/mol. The SMILES string of the molecule is Cl.O=C(NCCOc1c(Cl)ccc2c1CCNCC2)c1ccc(Cl)cc1. The van der Waals surface area contributed by atoms with E-state index in [-0.39, 0.29) is 18.3 Å². The van der Waals surface area contributed by atoms with Gasteiger partial charge in [0.25, 0.3) is 5.91 Å². The number of fused-ring (bicyclic) bond motifs is 1. The van der Waals surface area contributed by atoms with Crippen LogP contribution in [0.4, 0.5) is 0 Å². The molecule has 0 radical (unpaired) electrons. The molecule has 140 valence electrons. The molecule has 0 spiro atoms. The summed E-state index contributed by atoms with van der Waals surface area (Å²) in [6.45, 7) is 2.64. The van der Waals surface area contributed by atoms with E-state index in [0.717, 1.165) is 31.7 Å². The van der Waals surface area contributed by atoms with Crippen molar-refractivity contribution in [2.45, 2.75) is 12.8 Å². The first kappa shape index (κ1) is 20.8. The second kappa shape index (κ2) is 10.0. The van der Waals surface area contributed by atoms with Gasteiger partial charge in [-0.3, -0.25) is 4.79 Å². The molecular weight excluding hydrogens is 395 g/mol. The number of carbonyl (C=O) groups excluding carboxylic acids is 1. The summed E-state index contributed by atoms with van der Waals surface area (Å²) in [7, 11) is 0. The van der Waals surface area contributed by atoms with Crippen LogP contribution in [-0.2, 0) is 12.8 Å².